The first-order chi connectivity index (χ1) is 9.13. The smallest absolute Gasteiger partial charge is 0.314 e. The van der Waals surface area contributed by atoms with Gasteiger partial charge >= 0.3 is 5.97 Å². The molecule has 0 bridgehead atoms. The summed E-state index contributed by atoms with van der Waals surface area (Å²) in [6.07, 6.45) is 0. The number of hydrogen-bond donors (Lipinski definition) is 1. The highest BCUT2D eigenvalue weighted by atomic mass is 79.9. The second kappa shape index (κ2) is 6.97. The number of carboxylic acid groups (broad SMARTS) is 1. The summed E-state index contributed by atoms with van der Waals surface area (Å²) in [5.41, 5.74) is 0. The summed E-state index contributed by atoms with van der Waals surface area (Å²) in [6.45, 7) is 0. The molecule has 0 spiro atoms. The molecule has 1 heterocycles. The number of benzene rings is 1. The maximum absolute atomic E-state index is 10.4. The molecule has 0 radical (unpaired) electrons. The van der Waals surface area contributed by atoms with Gasteiger partial charge in [0.15, 0.2) is 5.82 Å². The van der Waals surface area contributed by atoms with E-state index in [1.807, 2.05) is 24.3 Å². The van der Waals surface area contributed by atoms with Crippen molar-refractivity contribution in [3.63, 3.8) is 0 Å². The zero-order chi connectivity index (χ0) is 13.7. The fourth-order valence-corrected chi connectivity index (χ4v) is 2.67. The maximum atomic E-state index is 10.4. The molecule has 0 fully saturated rings. The molecule has 1 aromatic carbocycles. The molecule has 0 unspecified atom stereocenters. The summed E-state index contributed by atoms with van der Waals surface area (Å²) < 4.78 is 5.97. The Kier molecular flexibility index (Phi) is 5.29. The number of nitrogens with zero attached hydrogens (tertiary/aromatic N) is 2. The van der Waals surface area contributed by atoms with Crippen molar-refractivity contribution >= 4 is 45.4 Å². The minimum absolute atomic E-state index is 0.0819. The molecule has 8 heteroatoms. The number of thioether (sulfide) groups is 2. The van der Waals surface area contributed by atoms with Crippen LogP contribution in [0.3, 0.4) is 0 Å². The molecule has 0 saturated heterocycles. The van der Waals surface area contributed by atoms with E-state index in [9.17, 15) is 4.79 Å². The van der Waals surface area contributed by atoms with Gasteiger partial charge in [0.1, 0.15) is 5.75 Å². The molecule has 0 atom stereocenters. The lowest BCUT2D eigenvalue weighted by atomic mass is 10.4. The molecule has 0 amide bonds. The fourth-order valence-electron chi connectivity index (χ4n) is 1.16. The SMILES string of the molecule is O=C(O)CSc1nc(CSc2ccc(Br)cc2)no1. The highest BCUT2D eigenvalue weighted by Gasteiger charge is 2.09. The number of carbonyl (C=O) groups is 1. The van der Waals surface area contributed by atoms with Crippen molar-refractivity contribution in [1.29, 1.82) is 0 Å². The third-order valence-electron chi connectivity index (χ3n) is 1.95. The lowest BCUT2D eigenvalue weighted by Crippen LogP contribution is -1.97. The molecule has 2 rings (SSSR count). The summed E-state index contributed by atoms with van der Waals surface area (Å²) in [7, 11) is 0. The van der Waals surface area contributed by atoms with Crippen molar-refractivity contribution in [2.45, 2.75) is 15.9 Å². The number of carboxylic acids is 1. The lowest BCUT2D eigenvalue weighted by Gasteiger charge is -1.97. The Balaban J connectivity index is 1.86. The third kappa shape index (κ3) is 4.88. The number of aliphatic carboxylic acids is 1. The van der Waals surface area contributed by atoms with Gasteiger partial charge in [-0.05, 0) is 24.3 Å². The van der Waals surface area contributed by atoms with E-state index >= 15 is 0 Å². The second-order valence-electron chi connectivity index (χ2n) is 3.40. The highest BCUT2D eigenvalue weighted by molar-refractivity contribution is 9.10. The maximum Gasteiger partial charge on any atom is 0.314 e. The van der Waals surface area contributed by atoms with Crippen molar-refractivity contribution in [3.8, 4) is 0 Å². The van der Waals surface area contributed by atoms with Gasteiger partial charge in [-0.3, -0.25) is 4.79 Å². The van der Waals surface area contributed by atoms with Gasteiger partial charge in [-0.25, -0.2) is 0 Å². The van der Waals surface area contributed by atoms with Crippen LogP contribution in [0, 0.1) is 0 Å². The minimum atomic E-state index is -0.908. The van der Waals surface area contributed by atoms with Crippen LogP contribution in [0.15, 0.2) is 43.4 Å². The summed E-state index contributed by atoms with van der Waals surface area (Å²) >= 11 is 5.98. The average molecular weight is 361 g/mol. The van der Waals surface area contributed by atoms with E-state index < -0.39 is 5.97 Å². The Bertz CT molecular complexity index is 559. The zero-order valence-electron chi connectivity index (χ0n) is 9.58. The first kappa shape index (κ1) is 14.4. The van der Waals surface area contributed by atoms with Gasteiger partial charge in [-0.2, -0.15) is 4.98 Å². The van der Waals surface area contributed by atoms with E-state index in [4.69, 9.17) is 9.63 Å². The first-order valence-corrected chi connectivity index (χ1v) is 7.95. The fraction of sp³-hybridized carbons (Fsp3) is 0.182. The Morgan fingerprint density at radius 2 is 2.05 bits per heavy atom. The van der Waals surface area contributed by atoms with E-state index in [0.29, 0.717) is 11.6 Å². The van der Waals surface area contributed by atoms with Crippen molar-refractivity contribution in [2.75, 3.05) is 5.75 Å². The van der Waals surface area contributed by atoms with E-state index in [1.54, 1.807) is 11.8 Å². The van der Waals surface area contributed by atoms with Crippen LogP contribution in [-0.4, -0.2) is 27.0 Å². The monoisotopic (exact) mass is 360 g/mol. The molecule has 5 nitrogen and oxygen atoms in total. The molecule has 0 aliphatic rings. The van der Waals surface area contributed by atoms with Crippen molar-refractivity contribution in [3.05, 3.63) is 34.6 Å². The molecular weight excluding hydrogens is 352 g/mol. The molecule has 0 saturated carbocycles. The van der Waals surface area contributed by atoms with Crippen LogP contribution in [0.1, 0.15) is 5.82 Å². The van der Waals surface area contributed by atoms with Crippen molar-refractivity contribution < 1.29 is 14.4 Å². The van der Waals surface area contributed by atoms with E-state index in [2.05, 4.69) is 26.1 Å². The van der Waals surface area contributed by atoms with E-state index in [1.165, 1.54) is 0 Å². The largest absolute Gasteiger partial charge is 0.481 e. The number of hydrogen-bond acceptors (Lipinski definition) is 6. The van der Waals surface area contributed by atoms with Gasteiger partial charge < -0.3 is 9.63 Å². The number of rotatable bonds is 6. The standard InChI is InChI=1S/C11H9BrN2O3S2/c12-7-1-3-8(4-2-7)18-5-9-13-11(17-14-9)19-6-10(15)16/h1-4H,5-6H2,(H,15,16). The van der Waals surface area contributed by atoms with Crippen molar-refractivity contribution in [1.82, 2.24) is 10.1 Å². The lowest BCUT2D eigenvalue weighted by molar-refractivity contribution is -0.133. The zero-order valence-corrected chi connectivity index (χ0v) is 12.8. The second-order valence-corrected chi connectivity index (χ2v) is 6.29. The topological polar surface area (TPSA) is 76.2 Å². The van der Waals surface area contributed by atoms with Crippen molar-refractivity contribution in [2.24, 2.45) is 0 Å². The molecule has 2 aromatic rings. The Morgan fingerprint density at radius 1 is 1.32 bits per heavy atom. The quantitative estimate of drug-likeness (QED) is 0.791. The van der Waals surface area contributed by atoms with Gasteiger partial charge in [0.05, 0.1) is 5.75 Å². The predicted octanol–water partition coefficient (Wildman–Crippen LogP) is 3.30. The van der Waals surface area contributed by atoms with E-state index in [-0.39, 0.29) is 11.0 Å². The first-order valence-electron chi connectivity index (χ1n) is 5.19. The van der Waals surface area contributed by atoms with Gasteiger partial charge in [-0.1, -0.05) is 32.8 Å². The van der Waals surface area contributed by atoms with Crippen LogP contribution >= 0.6 is 39.5 Å². The third-order valence-corrected chi connectivity index (χ3v) is 4.29. The molecular formula is C11H9BrN2O3S2. The highest BCUT2D eigenvalue weighted by Crippen LogP contribution is 2.24. The number of aromatic nitrogens is 2. The average Bonchev–Trinajstić information content (AvgIpc) is 2.84. The van der Waals surface area contributed by atoms with Crippen LogP contribution in [0.2, 0.25) is 0 Å². The molecule has 1 N–H and O–H groups in total. The molecule has 0 aliphatic heterocycles. The molecule has 100 valence electrons. The summed E-state index contributed by atoms with van der Waals surface area (Å²) in [6, 6.07) is 7.92. The summed E-state index contributed by atoms with van der Waals surface area (Å²) in [5, 5.41) is 12.6. The Morgan fingerprint density at radius 3 is 2.74 bits per heavy atom. The van der Waals surface area contributed by atoms with Gasteiger partial charge in [0, 0.05) is 9.37 Å². The predicted molar refractivity (Wildman–Crippen MR) is 76.4 cm³/mol. The molecule has 1 aromatic heterocycles. The summed E-state index contributed by atoms with van der Waals surface area (Å²) in [5.74, 6) is 0.148. The van der Waals surface area contributed by atoms with Crippen LogP contribution in [0.25, 0.3) is 0 Å². The van der Waals surface area contributed by atoms with Crippen LogP contribution < -0.4 is 0 Å². The Hall–Kier alpha value is -0.990. The van der Waals surface area contributed by atoms with Gasteiger partial charge in [0.25, 0.3) is 5.22 Å². The van der Waals surface area contributed by atoms with Crippen LogP contribution in [-0.2, 0) is 10.5 Å². The van der Waals surface area contributed by atoms with Crippen LogP contribution in [0.5, 0.6) is 0 Å². The Labute approximate surface area is 126 Å². The number of halogens is 1. The molecule has 0 aliphatic carbocycles. The van der Waals surface area contributed by atoms with E-state index in [0.717, 1.165) is 21.1 Å². The minimum Gasteiger partial charge on any atom is -0.481 e. The normalized spacial score (nSPS) is 10.6. The van der Waals surface area contributed by atoms with Crippen LogP contribution in [0.4, 0.5) is 0 Å². The van der Waals surface area contributed by atoms with Gasteiger partial charge in [0.2, 0.25) is 0 Å². The summed E-state index contributed by atoms with van der Waals surface area (Å²) in [4.78, 5) is 15.6. The van der Waals surface area contributed by atoms with Gasteiger partial charge in [-0.15, -0.1) is 11.8 Å². The molecule has 19 heavy (non-hydrogen) atoms.